The fourth-order valence-electron chi connectivity index (χ4n) is 7.53. The van der Waals surface area contributed by atoms with Crippen molar-refractivity contribution in [1.82, 2.24) is 14.1 Å². The molecule has 10 rings (SSSR count). The number of nitrogens with zero attached hydrogens (tertiary/aromatic N) is 3. The number of benzene rings is 7. The fourth-order valence-corrected chi connectivity index (χ4v) is 7.53. The van der Waals surface area contributed by atoms with Crippen LogP contribution in [0.2, 0.25) is 0 Å². The highest BCUT2D eigenvalue weighted by Gasteiger charge is 2.19. The molecule has 0 fully saturated rings. The Hall–Kier alpha value is -6.45. The van der Waals surface area contributed by atoms with Crippen molar-refractivity contribution < 1.29 is 0 Å². The van der Waals surface area contributed by atoms with Crippen LogP contribution >= 0.6 is 0 Å². The normalized spacial score (nSPS) is 11.8. The molecule has 0 aliphatic rings. The summed E-state index contributed by atoms with van der Waals surface area (Å²) in [5.41, 5.74) is 10.7. The van der Waals surface area contributed by atoms with Gasteiger partial charge in [-0.25, -0.2) is 4.98 Å². The van der Waals surface area contributed by atoms with Crippen molar-refractivity contribution in [1.29, 1.82) is 0 Å². The monoisotopic (exact) mass is 611 g/mol. The Morgan fingerprint density at radius 3 is 1.60 bits per heavy atom. The molecule has 3 heterocycles. The maximum atomic E-state index is 4.96. The number of pyridine rings is 1. The lowest BCUT2D eigenvalue weighted by Gasteiger charge is -2.12. The lowest BCUT2D eigenvalue weighted by atomic mass is 10.00. The van der Waals surface area contributed by atoms with Gasteiger partial charge in [0.2, 0.25) is 0 Å². The smallest absolute Gasteiger partial charge is 0.145 e. The first-order valence-electron chi connectivity index (χ1n) is 16.4. The number of rotatable bonds is 4. The second-order valence-electron chi connectivity index (χ2n) is 12.4. The van der Waals surface area contributed by atoms with Crippen LogP contribution in [-0.2, 0) is 0 Å². The molecule has 0 saturated carbocycles. The van der Waals surface area contributed by atoms with Gasteiger partial charge >= 0.3 is 0 Å². The van der Waals surface area contributed by atoms with Gasteiger partial charge in [-0.15, -0.1) is 0 Å². The van der Waals surface area contributed by atoms with E-state index in [1.165, 1.54) is 60.2 Å². The van der Waals surface area contributed by atoms with Crippen LogP contribution in [0.3, 0.4) is 0 Å². The molecular formula is C45H29N3. The van der Waals surface area contributed by atoms with Crippen molar-refractivity contribution in [3.05, 3.63) is 176 Å². The lowest BCUT2D eigenvalue weighted by molar-refractivity contribution is 1.10. The van der Waals surface area contributed by atoms with Gasteiger partial charge in [-0.2, -0.15) is 0 Å². The summed E-state index contributed by atoms with van der Waals surface area (Å²) in [5, 5.41) is 7.20. The van der Waals surface area contributed by atoms with Gasteiger partial charge in [0.1, 0.15) is 5.82 Å². The largest absolute Gasteiger partial charge is 0.309 e. The summed E-state index contributed by atoms with van der Waals surface area (Å²) in [6.45, 7) is 0. The molecule has 7 aromatic carbocycles. The molecule has 0 aliphatic heterocycles. The molecule has 0 bridgehead atoms. The molecule has 0 unspecified atom stereocenters. The van der Waals surface area contributed by atoms with Crippen molar-refractivity contribution in [3.8, 4) is 33.8 Å². The van der Waals surface area contributed by atoms with E-state index in [4.69, 9.17) is 4.98 Å². The Labute approximate surface area is 277 Å². The minimum atomic E-state index is 0.952. The third-order valence-corrected chi connectivity index (χ3v) is 9.76. The van der Waals surface area contributed by atoms with Crippen LogP contribution in [-0.4, -0.2) is 14.1 Å². The fraction of sp³-hybridized carbons (Fsp3) is 0. The van der Waals surface area contributed by atoms with Crippen LogP contribution in [0.5, 0.6) is 0 Å². The highest BCUT2D eigenvalue weighted by molar-refractivity contribution is 6.19. The lowest BCUT2D eigenvalue weighted by Crippen LogP contribution is -1.98. The quantitative estimate of drug-likeness (QED) is 0.194. The molecule has 0 N–H and O–H groups in total. The zero-order valence-electron chi connectivity index (χ0n) is 26.1. The zero-order chi connectivity index (χ0) is 31.6. The van der Waals surface area contributed by atoms with E-state index >= 15 is 0 Å². The van der Waals surface area contributed by atoms with E-state index in [1.54, 1.807) is 0 Å². The van der Waals surface area contributed by atoms with E-state index < -0.39 is 0 Å². The molecule has 0 atom stereocenters. The summed E-state index contributed by atoms with van der Waals surface area (Å²) in [5.74, 6) is 0.952. The number of hydrogen-bond acceptors (Lipinski definition) is 1. The molecule has 10 aromatic rings. The molecular weight excluding hydrogens is 583 g/mol. The molecule has 0 aliphatic carbocycles. The van der Waals surface area contributed by atoms with Gasteiger partial charge in [0.15, 0.2) is 0 Å². The predicted molar refractivity (Wildman–Crippen MR) is 201 cm³/mol. The van der Waals surface area contributed by atoms with Crippen LogP contribution in [0, 0.1) is 0 Å². The third kappa shape index (κ3) is 4.04. The van der Waals surface area contributed by atoms with Gasteiger partial charge < -0.3 is 4.57 Å². The van der Waals surface area contributed by atoms with Crippen LogP contribution in [0.15, 0.2) is 176 Å². The number of para-hydroxylation sites is 2. The minimum absolute atomic E-state index is 0.952. The highest BCUT2D eigenvalue weighted by Crippen LogP contribution is 2.40. The maximum absolute atomic E-state index is 4.96. The van der Waals surface area contributed by atoms with Crippen LogP contribution < -0.4 is 0 Å². The first kappa shape index (κ1) is 26.7. The van der Waals surface area contributed by atoms with Crippen LogP contribution in [0.4, 0.5) is 0 Å². The molecule has 0 amide bonds. The second kappa shape index (κ2) is 10.5. The standard InChI is InChI=1S/C45H29N3/c1-2-11-30(12-3-1)31-21-23-32(24-22-31)34-14-10-15-35(27-34)47-41-19-8-6-17-37(41)39-29-44-40(28-43(39)47)38-18-7-9-20-42(38)48(44)45-36-16-5-4-13-33(36)25-26-46-45/h1-29H. The first-order valence-corrected chi connectivity index (χ1v) is 16.4. The first-order chi connectivity index (χ1) is 23.8. The van der Waals surface area contributed by atoms with E-state index in [0.717, 1.165) is 27.9 Å². The van der Waals surface area contributed by atoms with E-state index in [1.807, 2.05) is 6.20 Å². The predicted octanol–water partition coefficient (Wildman–Crippen LogP) is 11.8. The van der Waals surface area contributed by atoms with Gasteiger partial charge in [-0.05, 0) is 70.1 Å². The van der Waals surface area contributed by atoms with Crippen LogP contribution in [0.25, 0.3) is 88.1 Å². The summed E-state index contributed by atoms with van der Waals surface area (Å²) in [6, 6.07) is 61.2. The number of aromatic nitrogens is 3. The average molecular weight is 612 g/mol. The molecule has 0 radical (unpaired) electrons. The summed E-state index contributed by atoms with van der Waals surface area (Å²) in [7, 11) is 0. The van der Waals surface area contributed by atoms with E-state index in [0.29, 0.717) is 0 Å². The topological polar surface area (TPSA) is 22.8 Å². The van der Waals surface area contributed by atoms with Crippen molar-refractivity contribution in [2.45, 2.75) is 0 Å². The highest BCUT2D eigenvalue weighted by atomic mass is 15.1. The Balaban J connectivity index is 1.21. The summed E-state index contributed by atoms with van der Waals surface area (Å²) in [4.78, 5) is 4.96. The van der Waals surface area contributed by atoms with E-state index in [2.05, 4.69) is 179 Å². The Morgan fingerprint density at radius 1 is 0.333 bits per heavy atom. The molecule has 3 aromatic heterocycles. The molecule has 0 saturated heterocycles. The second-order valence-corrected chi connectivity index (χ2v) is 12.4. The van der Waals surface area contributed by atoms with Crippen molar-refractivity contribution >= 4 is 54.4 Å². The molecule has 3 heteroatoms. The Bertz CT molecular complexity index is 2820. The van der Waals surface area contributed by atoms with Gasteiger partial charge in [0.05, 0.1) is 22.1 Å². The number of hydrogen-bond donors (Lipinski definition) is 0. The van der Waals surface area contributed by atoms with E-state index in [9.17, 15) is 0 Å². The summed E-state index contributed by atoms with van der Waals surface area (Å²) >= 11 is 0. The van der Waals surface area contributed by atoms with Gasteiger partial charge in [-0.1, -0.05) is 127 Å². The van der Waals surface area contributed by atoms with Gasteiger partial charge in [0.25, 0.3) is 0 Å². The molecule has 3 nitrogen and oxygen atoms in total. The van der Waals surface area contributed by atoms with E-state index in [-0.39, 0.29) is 0 Å². The minimum Gasteiger partial charge on any atom is -0.309 e. The van der Waals surface area contributed by atoms with Crippen molar-refractivity contribution in [3.63, 3.8) is 0 Å². The van der Waals surface area contributed by atoms with Crippen LogP contribution in [0.1, 0.15) is 0 Å². The Morgan fingerprint density at radius 2 is 0.875 bits per heavy atom. The molecule has 224 valence electrons. The van der Waals surface area contributed by atoms with Crippen molar-refractivity contribution in [2.24, 2.45) is 0 Å². The third-order valence-electron chi connectivity index (χ3n) is 9.76. The maximum Gasteiger partial charge on any atom is 0.145 e. The van der Waals surface area contributed by atoms with Crippen molar-refractivity contribution in [2.75, 3.05) is 0 Å². The summed E-state index contributed by atoms with van der Waals surface area (Å²) < 4.78 is 4.77. The van der Waals surface area contributed by atoms with Gasteiger partial charge in [-0.3, -0.25) is 4.57 Å². The molecule has 0 spiro atoms. The summed E-state index contributed by atoms with van der Waals surface area (Å²) in [6.07, 6.45) is 1.92. The number of fused-ring (bicyclic) bond motifs is 7. The van der Waals surface area contributed by atoms with Gasteiger partial charge in [0, 0.05) is 38.8 Å². The Kier molecular flexibility index (Phi) is 5.87. The SMILES string of the molecule is c1ccc(-c2ccc(-c3cccc(-n4c5ccccc5c5cc6c(cc54)c4ccccc4n6-c4nccc5ccccc45)c3)cc2)cc1. The molecule has 48 heavy (non-hydrogen) atoms. The average Bonchev–Trinajstić information content (AvgIpc) is 3.66. The zero-order valence-corrected chi connectivity index (χ0v) is 26.1.